The zero-order valence-electron chi connectivity index (χ0n) is 19.3. The average Bonchev–Trinajstić information content (AvgIpc) is 3.29. The van der Waals surface area contributed by atoms with Crippen LogP contribution in [0, 0.1) is 0 Å². The molecule has 0 aromatic heterocycles. The minimum absolute atomic E-state index is 0.117. The van der Waals surface area contributed by atoms with E-state index in [1.807, 2.05) is 54.6 Å². The summed E-state index contributed by atoms with van der Waals surface area (Å²) in [6, 6.07) is 19.1. The van der Waals surface area contributed by atoms with Crippen LogP contribution >= 0.6 is 69.8 Å². The van der Waals surface area contributed by atoms with Crippen LogP contribution in [0.25, 0.3) is 11.8 Å². The second-order valence-electron chi connectivity index (χ2n) is 9.02. The van der Waals surface area contributed by atoms with Crippen molar-refractivity contribution < 1.29 is 0 Å². The van der Waals surface area contributed by atoms with Crippen LogP contribution in [-0.2, 0) is 0 Å². The summed E-state index contributed by atoms with van der Waals surface area (Å²) < 4.78 is 0. The Morgan fingerprint density at radius 1 is 0.811 bits per heavy atom. The van der Waals surface area contributed by atoms with Gasteiger partial charge in [0.15, 0.2) is 5.17 Å². The molecule has 0 radical (unpaired) electrons. The number of thioether (sulfide) groups is 1. The van der Waals surface area contributed by atoms with E-state index in [1.165, 1.54) is 5.57 Å². The van der Waals surface area contributed by atoms with Crippen LogP contribution in [0.4, 0.5) is 0 Å². The molecule has 2 nitrogen and oxygen atoms in total. The van der Waals surface area contributed by atoms with Crippen molar-refractivity contribution in [2.75, 3.05) is 0 Å². The number of allylic oxidation sites excluding steroid dienone is 1. The van der Waals surface area contributed by atoms with Crippen LogP contribution in [0.15, 0.2) is 87.9 Å². The summed E-state index contributed by atoms with van der Waals surface area (Å²) >= 11 is 33.6. The fraction of sp³-hybridized carbons (Fsp3) is 0.138. The van der Waals surface area contributed by atoms with Crippen molar-refractivity contribution in [2.24, 2.45) is 4.99 Å². The largest absolute Gasteiger partial charge is 0.308 e. The third-order valence-corrected chi connectivity index (χ3v) is 8.94. The van der Waals surface area contributed by atoms with Gasteiger partial charge in [-0.1, -0.05) is 94.0 Å². The van der Waals surface area contributed by atoms with Gasteiger partial charge in [0, 0.05) is 30.5 Å². The maximum atomic E-state index is 6.84. The van der Waals surface area contributed by atoms with Gasteiger partial charge < -0.3 is 4.90 Å². The minimum Gasteiger partial charge on any atom is -0.308 e. The first-order valence-corrected chi connectivity index (χ1v) is 14.5. The summed E-state index contributed by atoms with van der Waals surface area (Å²) in [5, 5.41) is 6.24. The molecule has 3 aliphatic rings. The highest BCUT2D eigenvalue weighted by molar-refractivity contribution is 8.16. The molecule has 1 atom stereocenters. The van der Waals surface area contributed by atoms with Gasteiger partial charge in [0.2, 0.25) is 0 Å². The molecule has 2 heterocycles. The van der Waals surface area contributed by atoms with Crippen LogP contribution in [0.3, 0.4) is 0 Å². The summed E-state index contributed by atoms with van der Waals surface area (Å²) in [5.74, 6) is 0. The Morgan fingerprint density at radius 3 is 2.24 bits per heavy atom. The molecular weight excluding hydrogens is 586 g/mol. The lowest BCUT2D eigenvalue weighted by Crippen LogP contribution is -2.35. The fourth-order valence-electron chi connectivity index (χ4n) is 5.05. The first kappa shape index (κ1) is 25.4. The van der Waals surface area contributed by atoms with Crippen LogP contribution in [0.2, 0.25) is 25.1 Å². The van der Waals surface area contributed by atoms with Gasteiger partial charge in [0.25, 0.3) is 0 Å². The molecule has 3 aromatic carbocycles. The first-order valence-electron chi connectivity index (χ1n) is 11.7. The van der Waals surface area contributed by atoms with E-state index in [0.717, 1.165) is 58.1 Å². The van der Waals surface area contributed by atoms with E-state index in [-0.39, 0.29) is 6.04 Å². The van der Waals surface area contributed by atoms with Gasteiger partial charge >= 0.3 is 0 Å². The average molecular weight is 605 g/mol. The second kappa shape index (κ2) is 10.4. The number of rotatable bonds is 3. The number of fused-ring (bicyclic) bond motifs is 1. The van der Waals surface area contributed by atoms with Gasteiger partial charge in [-0.25, -0.2) is 4.99 Å². The molecule has 0 spiro atoms. The molecule has 0 amide bonds. The lowest BCUT2D eigenvalue weighted by molar-refractivity contribution is 0.458. The summed E-state index contributed by atoms with van der Waals surface area (Å²) in [4.78, 5) is 7.50. The van der Waals surface area contributed by atoms with Crippen molar-refractivity contribution in [2.45, 2.75) is 25.3 Å². The van der Waals surface area contributed by atoms with E-state index in [4.69, 9.17) is 63.0 Å². The van der Waals surface area contributed by atoms with E-state index in [1.54, 1.807) is 17.8 Å². The number of nitrogens with zero attached hydrogens (tertiary/aromatic N) is 2. The van der Waals surface area contributed by atoms with Gasteiger partial charge in [0.1, 0.15) is 0 Å². The van der Waals surface area contributed by atoms with Crippen LogP contribution in [0.1, 0.15) is 42.0 Å². The molecule has 8 heteroatoms. The zero-order chi connectivity index (χ0) is 25.7. The summed E-state index contributed by atoms with van der Waals surface area (Å²) in [5.41, 5.74) is 7.47. The Balaban J connectivity index is 1.52. The van der Waals surface area contributed by atoms with E-state index in [9.17, 15) is 0 Å². The molecular formula is C29H19Cl5N2S. The van der Waals surface area contributed by atoms with E-state index >= 15 is 0 Å². The molecule has 186 valence electrons. The highest BCUT2D eigenvalue weighted by atomic mass is 35.5. The molecule has 6 rings (SSSR count). The number of hydrogen-bond acceptors (Lipinski definition) is 3. The van der Waals surface area contributed by atoms with Crippen molar-refractivity contribution >= 4 is 86.7 Å². The number of halogens is 5. The fourth-order valence-corrected chi connectivity index (χ4v) is 7.08. The first-order chi connectivity index (χ1) is 17.9. The molecule has 0 bridgehead atoms. The molecule has 0 unspecified atom stereocenters. The van der Waals surface area contributed by atoms with Crippen molar-refractivity contribution in [3.05, 3.63) is 125 Å². The van der Waals surface area contributed by atoms with Crippen LogP contribution in [-0.4, -0.2) is 10.1 Å². The predicted octanol–water partition coefficient (Wildman–Crippen LogP) is 10.9. The quantitative estimate of drug-likeness (QED) is 0.296. The summed E-state index contributed by atoms with van der Waals surface area (Å²) in [7, 11) is 0. The van der Waals surface area contributed by atoms with Gasteiger partial charge in [0.05, 0.1) is 17.4 Å². The second-order valence-corrected chi connectivity index (χ2v) is 12.0. The van der Waals surface area contributed by atoms with Crippen molar-refractivity contribution in [1.29, 1.82) is 0 Å². The smallest absolute Gasteiger partial charge is 0.174 e. The third kappa shape index (κ3) is 4.87. The summed E-state index contributed by atoms with van der Waals surface area (Å²) in [6.45, 7) is 0. The molecule has 0 N–H and O–H groups in total. The van der Waals surface area contributed by atoms with Gasteiger partial charge in [-0.05, 0) is 89.6 Å². The van der Waals surface area contributed by atoms with E-state index < -0.39 is 0 Å². The molecule has 1 aliphatic carbocycles. The normalized spacial score (nSPS) is 20.1. The van der Waals surface area contributed by atoms with E-state index in [0.29, 0.717) is 25.1 Å². The monoisotopic (exact) mass is 602 g/mol. The molecule has 0 fully saturated rings. The predicted molar refractivity (Wildman–Crippen MR) is 161 cm³/mol. The van der Waals surface area contributed by atoms with Crippen molar-refractivity contribution in [1.82, 2.24) is 4.90 Å². The molecule has 0 saturated heterocycles. The highest BCUT2D eigenvalue weighted by Crippen LogP contribution is 2.52. The number of hydrogen-bond donors (Lipinski definition) is 0. The zero-order valence-corrected chi connectivity index (χ0v) is 23.9. The Kier molecular flexibility index (Phi) is 7.13. The van der Waals surface area contributed by atoms with Crippen molar-refractivity contribution in [3.8, 4) is 0 Å². The lowest BCUT2D eigenvalue weighted by atomic mass is 9.82. The Morgan fingerprint density at radius 2 is 1.51 bits per heavy atom. The maximum absolute atomic E-state index is 6.84. The summed E-state index contributed by atoms with van der Waals surface area (Å²) in [6.07, 6.45) is 4.97. The maximum Gasteiger partial charge on any atom is 0.174 e. The standard InChI is InChI=1S/C29H19Cl5N2S/c30-19-7-4-16(5-8-19)26-15-37-29-35-27-18(12-17-6-9-20(31)13-24(17)33)2-1-3-23(27)28(36(26)29)22-11-10-21(32)14-25(22)34/h4-15,28H,1-3H2/b18-12+/t28-/m0/s1. The molecule has 3 aromatic rings. The number of aliphatic imine (C=N–C) groups is 1. The van der Waals surface area contributed by atoms with Crippen molar-refractivity contribution in [3.63, 3.8) is 0 Å². The van der Waals surface area contributed by atoms with E-state index in [2.05, 4.69) is 16.4 Å². The van der Waals surface area contributed by atoms with Crippen LogP contribution < -0.4 is 0 Å². The topological polar surface area (TPSA) is 15.6 Å². The Bertz CT molecular complexity index is 1540. The SMILES string of the molecule is Clc1ccc(C2=CSC3=NC4=C(CCC/C4=C\c4ccc(Cl)cc4Cl)[C@H](c4ccc(Cl)cc4Cl)N23)cc1. The van der Waals surface area contributed by atoms with Crippen LogP contribution in [0.5, 0.6) is 0 Å². The number of amidine groups is 1. The van der Waals surface area contributed by atoms with Gasteiger partial charge in [-0.3, -0.25) is 0 Å². The molecule has 0 saturated carbocycles. The Hall–Kier alpha value is -1.85. The molecule has 2 aliphatic heterocycles. The minimum atomic E-state index is -0.117. The highest BCUT2D eigenvalue weighted by Gasteiger charge is 2.41. The lowest BCUT2D eigenvalue weighted by Gasteiger charge is -2.40. The Labute approximate surface area is 245 Å². The number of benzene rings is 3. The van der Waals surface area contributed by atoms with Gasteiger partial charge in [-0.15, -0.1) is 0 Å². The molecule has 37 heavy (non-hydrogen) atoms. The third-order valence-electron chi connectivity index (χ3n) is 6.73. The van der Waals surface area contributed by atoms with Gasteiger partial charge in [-0.2, -0.15) is 0 Å².